The summed E-state index contributed by atoms with van der Waals surface area (Å²) in [6.45, 7) is 1.84. The highest BCUT2D eigenvalue weighted by Gasteiger charge is 2.30. The van der Waals surface area contributed by atoms with Gasteiger partial charge >= 0.3 is 5.97 Å². The summed E-state index contributed by atoms with van der Waals surface area (Å²) in [7, 11) is -0.921. The summed E-state index contributed by atoms with van der Waals surface area (Å²) < 4.78 is 11.0. The van der Waals surface area contributed by atoms with Crippen LogP contribution in [0.1, 0.15) is 32.6 Å². The molecule has 2 unspecified atom stereocenters. The molecule has 0 spiro atoms. The monoisotopic (exact) mass is 275 g/mol. The van der Waals surface area contributed by atoms with Crippen LogP contribution < -0.4 is 5.32 Å². The van der Waals surface area contributed by atoms with Crippen molar-refractivity contribution in [2.24, 2.45) is 11.8 Å². The number of aliphatic carboxylic acids is 1. The molecule has 104 valence electrons. The molecule has 6 heteroatoms. The second-order valence-corrected chi connectivity index (χ2v) is 6.52. The van der Waals surface area contributed by atoms with Crippen LogP contribution in [0.25, 0.3) is 0 Å². The van der Waals surface area contributed by atoms with Crippen LogP contribution in [0.15, 0.2) is 0 Å². The van der Waals surface area contributed by atoms with Gasteiger partial charge in [-0.2, -0.15) is 0 Å². The zero-order valence-corrected chi connectivity index (χ0v) is 11.7. The van der Waals surface area contributed by atoms with Crippen LogP contribution >= 0.6 is 0 Å². The summed E-state index contributed by atoms with van der Waals surface area (Å²) in [5.74, 6) is -0.723. The molecule has 0 heterocycles. The molecule has 0 aliphatic heterocycles. The van der Waals surface area contributed by atoms with E-state index in [4.69, 9.17) is 5.11 Å². The molecule has 2 N–H and O–H groups in total. The minimum atomic E-state index is -0.921. The Kier molecular flexibility index (Phi) is 5.78. The first-order valence-electron chi connectivity index (χ1n) is 6.23. The summed E-state index contributed by atoms with van der Waals surface area (Å²) in [4.78, 5) is 22.7. The first-order chi connectivity index (χ1) is 8.40. The molecule has 0 saturated heterocycles. The van der Waals surface area contributed by atoms with Crippen molar-refractivity contribution in [3.63, 3.8) is 0 Å². The number of carboxylic acid groups (broad SMARTS) is 1. The third kappa shape index (κ3) is 4.76. The molecule has 0 aromatic rings. The zero-order valence-electron chi connectivity index (χ0n) is 10.8. The third-order valence-corrected chi connectivity index (χ3v) is 4.29. The normalized spacial score (nSPS) is 27.2. The molecule has 1 aliphatic carbocycles. The van der Waals surface area contributed by atoms with Gasteiger partial charge in [-0.1, -0.05) is 0 Å². The topological polar surface area (TPSA) is 83.5 Å². The van der Waals surface area contributed by atoms with Gasteiger partial charge in [0.25, 0.3) is 0 Å². The van der Waals surface area contributed by atoms with Crippen molar-refractivity contribution in [1.29, 1.82) is 0 Å². The number of hydrogen-bond acceptors (Lipinski definition) is 3. The molecule has 1 rings (SSSR count). The van der Waals surface area contributed by atoms with Crippen LogP contribution in [-0.2, 0) is 20.4 Å². The number of carbonyl (C=O) groups is 2. The van der Waals surface area contributed by atoms with Crippen LogP contribution in [0.5, 0.6) is 0 Å². The number of amides is 1. The lowest BCUT2D eigenvalue weighted by atomic mass is 9.81. The molecular formula is C12H21NO4S. The van der Waals surface area contributed by atoms with Crippen molar-refractivity contribution < 1.29 is 18.9 Å². The fourth-order valence-corrected chi connectivity index (χ4v) is 3.14. The first-order valence-corrected chi connectivity index (χ1v) is 7.96. The Bertz CT molecular complexity index is 337. The van der Waals surface area contributed by atoms with Gasteiger partial charge in [0.2, 0.25) is 5.91 Å². The minimum Gasteiger partial charge on any atom is -0.481 e. The lowest BCUT2D eigenvalue weighted by molar-refractivity contribution is -0.144. The van der Waals surface area contributed by atoms with E-state index in [1.54, 1.807) is 6.26 Å². The maximum Gasteiger partial charge on any atom is 0.306 e. The summed E-state index contributed by atoms with van der Waals surface area (Å²) in [6, 6.07) is -0.0967. The Morgan fingerprint density at radius 2 is 1.78 bits per heavy atom. The Morgan fingerprint density at radius 3 is 2.22 bits per heavy atom. The number of hydrogen-bond donors (Lipinski definition) is 2. The second kappa shape index (κ2) is 6.87. The maximum atomic E-state index is 11.9. The van der Waals surface area contributed by atoms with Crippen molar-refractivity contribution in [2.75, 3.05) is 12.0 Å². The third-order valence-electron chi connectivity index (χ3n) is 3.32. The molecule has 0 radical (unpaired) electrons. The van der Waals surface area contributed by atoms with Gasteiger partial charge in [0, 0.05) is 34.8 Å². The highest BCUT2D eigenvalue weighted by atomic mass is 32.2. The van der Waals surface area contributed by atoms with E-state index in [2.05, 4.69) is 5.32 Å². The molecule has 0 aromatic carbocycles. The quantitative estimate of drug-likeness (QED) is 0.776. The largest absolute Gasteiger partial charge is 0.481 e. The van der Waals surface area contributed by atoms with Crippen LogP contribution in [0, 0.1) is 11.8 Å². The average Bonchev–Trinajstić information content (AvgIpc) is 2.27. The van der Waals surface area contributed by atoms with Gasteiger partial charge in [-0.25, -0.2) is 0 Å². The lowest BCUT2D eigenvalue weighted by Gasteiger charge is -2.26. The Labute approximate surface area is 110 Å². The van der Waals surface area contributed by atoms with E-state index in [1.165, 1.54) is 0 Å². The predicted molar refractivity (Wildman–Crippen MR) is 69.6 cm³/mol. The van der Waals surface area contributed by atoms with E-state index in [9.17, 15) is 13.8 Å². The molecule has 1 amide bonds. The van der Waals surface area contributed by atoms with Gasteiger partial charge in [-0.05, 0) is 32.6 Å². The Balaban J connectivity index is 2.36. The van der Waals surface area contributed by atoms with Crippen molar-refractivity contribution in [3.05, 3.63) is 0 Å². The minimum absolute atomic E-state index is 0.0308. The van der Waals surface area contributed by atoms with E-state index in [1.807, 2.05) is 6.92 Å². The van der Waals surface area contributed by atoms with Crippen molar-refractivity contribution in [1.82, 2.24) is 5.32 Å². The van der Waals surface area contributed by atoms with Gasteiger partial charge in [-0.15, -0.1) is 0 Å². The molecule has 1 aliphatic rings. The number of rotatable bonds is 5. The standard InChI is InChI=1S/C12H21NO4S/c1-8(7-18(2)17)13-11(14)9-3-5-10(6-4-9)12(15)16/h8-10H,3-7H2,1-2H3,(H,13,14)(H,15,16). The smallest absolute Gasteiger partial charge is 0.306 e. The Hall–Kier alpha value is -0.910. The average molecular weight is 275 g/mol. The maximum absolute atomic E-state index is 11.9. The van der Waals surface area contributed by atoms with Crippen LogP contribution in [0.3, 0.4) is 0 Å². The zero-order chi connectivity index (χ0) is 13.7. The van der Waals surface area contributed by atoms with E-state index in [0.717, 1.165) is 0 Å². The van der Waals surface area contributed by atoms with Crippen molar-refractivity contribution >= 4 is 22.7 Å². The molecule has 2 atom stereocenters. The molecule has 1 saturated carbocycles. The predicted octanol–water partition coefficient (Wildman–Crippen LogP) is 0.761. The molecule has 0 bridgehead atoms. The molecule has 0 aromatic heterocycles. The van der Waals surface area contributed by atoms with Gasteiger partial charge in [0.05, 0.1) is 5.92 Å². The van der Waals surface area contributed by atoms with Crippen molar-refractivity contribution in [3.8, 4) is 0 Å². The van der Waals surface area contributed by atoms with Gasteiger partial charge in [-0.3, -0.25) is 13.8 Å². The highest BCUT2D eigenvalue weighted by molar-refractivity contribution is 7.84. The van der Waals surface area contributed by atoms with Crippen LogP contribution in [-0.4, -0.2) is 39.2 Å². The molecule has 18 heavy (non-hydrogen) atoms. The van der Waals surface area contributed by atoms with Gasteiger partial charge in [0.1, 0.15) is 0 Å². The molecular weight excluding hydrogens is 254 g/mol. The van der Waals surface area contributed by atoms with E-state index in [0.29, 0.717) is 31.4 Å². The van der Waals surface area contributed by atoms with E-state index >= 15 is 0 Å². The molecule has 5 nitrogen and oxygen atoms in total. The van der Waals surface area contributed by atoms with Gasteiger partial charge in [0.15, 0.2) is 0 Å². The van der Waals surface area contributed by atoms with Crippen LogP contribution in [0.4, 0.5) is 0 Å². The fraction of sp³-hybridized carbons (Fsp3) is 0.833. The highest BCUT2D eigenvalue weighted by Crippen LogP contribution is 2.29. The second-order valence-electron chi connectivity index (χ2n) is 5.04. The Morgan fingerprint density at radius 1 is 1.28 bits per heavy atom. The SMILES string of the molecule is CC(CS(C)=O)NC(=O)C1CCC(C(=O)O)CC1. The fourth-order valence-electron chi connectivity index (χ4n) is 2.36. The lowest BCUT2D eigenvalue weighted by Crippen LogP contribution is -2.41. The molecule has 1 fully saturated rings. The summed E-state index contributed by atoms with van der Waals surface area (Å²) >= 11 is 0. The van der Waals surface area contributed by atoms with Crippen molar-refractivity contribution in [2.45, 2.75) is 38.6 Å². The summed E-state index contributed by atoms with van der Waals surface area (Å²) in [5.41, 5.74) is 0. The van der Waals surface area contributed by atoms with Gasteiger partial charge < -0.3 is 10.4 Å². The summed E-state index contributed by atoms with van der Waals surface area (Å²) in [6.07, 6.45) is 4.01. The first kappa shape index (κ1) is 15.1. The number of nitrogens with one attached hydrogen (secondary N) is 1. The van der Waals surface area contributed by atoms with Crippen LogP contribution in [0.2, 0.25) is 0 Å². The number of carbonyl (C=O) groups excluding carboxylic acids is 1. The van der Waals surface area contributed by atoms with E-state index < -0.39 is 16.8 Å². The number of carboxylic acids is 1. The van der Waals surface area contributed by atoms with E-state index in [-0.39, 0.29) is 23.8 Å². The summed E-state index contributed by atoms with van der Waals surface area (Å²) in [5, 5.41) is 11.7.